The average molecular weight is 356 g/mol. The Labute approximate surface area is 153 Å². The Morgan fingerprint density at radius 2 is 1.96 bits per heavy atom. The fraction of sp³-hybridized carbons (Fsp3) is 0.350. The molecule has 1 aliphatic rings. The third-order valence-electron chi connectivity index (χ3n) is 4.25. The second kappa shape index (κ2) is 8.41. The molecule has 1 aliphatic heterocycles. The molecule has 0 aromatic heterocycles. The Hall–Kier alpha value is -1.98. The van der Waals surface area contributed by atoms with Crippen LogP contribution in [0.2, 0.25) is 0 Å². The topological polar surface area (TPSA) is 41.6 Å². The molecule has 4 nitrogen and oxygen atoms in total. The fourth-order valence-corrected chi connectivity index (χ4v) is 3.76. The van der Waals surface area contributed by atoms with Crippen molar-refractivity contribution in [2.75, 3.05) is 42.3 Å². The number of anilines is 2. The van der Waals surface area contributed by atoms with Crippen molar-refractivity contribution in [2.45, 2.75) is 18.7 Å². The van der Waals surface area contributed by atoms with Crippen LogP contribution in [-0.2, 0) is 4.74 Å². The number of rotatable bonds is 5. The maximum atomic E-state index is 12.7. The molecule has 2 aromatic rings. The van der Waals surface area contributed by atoms with Crippen molar-refractivity contribution in [3.05, 3.63) is 53.6 Å². The first-order valence-corrected chi connectivity index (χ1v) is 9.64. The van der Waals surface area contributed by atoms with Crippen LogP contribution in [0.4, 0.5) is 11.4 Å². The maximum absolute atomic E-state index is 12.7. The van der Waals surface area contributed by atoms with Crippen molar-refractivity contribution >= 4 is 29.0 Å². The second-order valence-corrected chi connectivity index (χ2v) is 7.29. The molecule has 0 aliphatic carbocycles. The van der Waals surface area contributed by atoms with Crippen LogP contribution >= 0.6 is 11.8 Å². The Balaban J connectivity index is 1.75. The highest BCUT2D eigenvalue weighted by Crippen LogP contribution is 2.28. The summed E-state index contributed by atoms with van der Waals surface area (Å²) < 4.78 is 5.41. The zero-order chi connectivity index (χ0) is 17.6. The van der Waals surface area contributed by atoms with Gasteiger partial charge in [-0.05, 0) is 48.6 Å². The largest absolute Gasteiger partial charge is 0.378 e. The second-order valence-electron chi connectivity index (χ2n) is 5.98. The molecular formula is C20H24N2O2S. The summed E-state index contributed by atoms with van der Waals surface area (Å²) in [6, 6.07) is 13.8. The molecule has 0 radical (unpaired) electrons. The molecule has 0 atom stereocenters. The molecule has 5 heteroatoms. The van der Waals surface area contributed by atoms with Crippen LogP contribution < -0.4 is 10.2 Å². The van der Waals surface area contributed by atoms with Crippen molar-refractivity contribution in [3.8, 4) is 0 Å². The summed E-state index contributed by atoms with van der Waals surface area (Å²) in [4.78, 5) is 16.1. The summed E-state index contributed by atoms with van der Waals surface area (Å²) in [6.45, 7) is 7.47. The van der Waals surface area contributed by atoms with Crippen LogP contribution in [0.3, 0.4) is 0 Å². The molecule has 0 saturated carbocycles. The lowest BCUT2D eigenvalue weighted by molar-refractivity contribution is 0.102. The lowest BCUT2D eigenvalue weighted by Crippen LogP contribution is -2.36. The van der Waals surface area contributed by atoms with Crippen molar-refractivity contribution in [1.29, 1.82) is 0 Å². The number of thioether (sulfide) groups is 1. The number of aryl methyl sites for hydroxylation is 1. The predicted octanol–water partition coefficient (Wildman–Crippen LogP) is 4.20. The summed E-state index contributed by atoms with van der Waals surface area (Å²) in [5, 5.41) is 3.04. The van der Waals surface area contributed by atoms with E-state index in [4.69, 9.17) is 4.74 Å². The van der Waals surface area contributed by atoms with E-state index in [9.17, 15) is 4.79 Å². The normalized spacial score (nSPS) is 14.4. The van der Waals surface area contributed by atoms with Crippen LogP contribution in [0.1, 0.15) is 22.8 Å². The van der Waals surface area contributed by atoms with Crippen molar-refractivity contribution in [3.63, 3.8) is 0 Å². The quantitative estimate of drug-likeness (QED) is 0.816. The van der Waals surface area contributed by atoms with Gasteiger partial charge in [-0.1, -0.05) is 19.1 Å². The van der Waals surface area contributed by atoms with Gasteiger partial charge in [-0.15, -0.1) is 11.8 Å². The van der Waals surface area contributed by atoms with E-state index in [-0.39, 0.29) is 5.91 Å². The Bertz CT molecular complexity index is 742. The minimum absolute atomic E-state index is 0.0687. The number of nitrogens with one attached hydrogen (secondary N) is 1. The minimum Gasteiger partial charge on any atom is -0.378 e. The number of morpholine rings is 1. The van der Waals surface area contributed by atoms with Gasteiger partial charge in [-0.2, -0.15) is 0 Å². The molecule has 0 bridgehead atoms. The van der Waals surface area contributed by atoms with Crippen LogP contribution in [0.25, 0.3) is 0 Å². The number of hydrogen-bond acceptors (Lipinski definition) is 4. The van der Waals surface area contributed by atoms with E-state index in [1.807, 2.05) is 42.5 Å². The van der Waals surface area contributed by atoms with E-state index in [1.165, 1.54) is 5.69 Å². The number of benzene rings is 2. The summed E-state index contributed by atoms with van der Waals surface area (Å²) in [7, 11) is 0. The molecule has 0 spiro atoms. The first kappa shape index (κ1) is 17.8. The first-order valence-electron chi connectivity index (χ1n) is 8.65. The molecule has 132 valence electrons. The minimum atomic E-state index is -0.0687. The highest BCUT2D eigenvalue weighted by molar-refractivity contribution is 7.99. The molecule has 1 saturated heterocycles. The molecule has 1 N–H and O–H groups in total. The third-order valence-corrected chi connectivity index (χ3v) is 5.20. The van der Waals surface area contributed by atoms with Gasteiger partial charge in [0.1, 0.15) is 0 Å². The van der Waals surface area contributed by atoms with E-state index < -0.39 is 0 Å². The Morgan fingerprint density at radius 1 is 1.20 bits per heavy atom. The number of carbonyl (C=O) groups excluding carboxylic acids is 1. The number of nitrogens with zero attached hydrogens (tertiary/aromatic N) is 1. The summed E-state index contributed by atoms with van der Waals surface area (Å²) >= 11 is 1.73. The van der Waals surface area contributed by atoms with Gasteiger partial charge in [0.25, 0.3) is 5.91 Å². The summed E-state index contributed by atoms with van der Waals surface area (Å²) in [5.74, 6) is 0.904. The lowest BCUT2D eigenvalue weighted by Gasteiger charge is -2.30. The van der Waals surface area contributed by atoms with Gasteiger partial charge in [0.05, 0.1) is 18.9 Å². The molecule has 1 heterocycles. The van der Waals surface area contributed by atoms with Gasteiger partial charge < -0.3 is 15.0 Å². The Morgan fingerprint density at radius 3 is 2.68 bits per heavy atom. The van der Waals surface area contributed by atoms with Crippen molar-refractivity contribution in [2.24, 2.45) is 0 Å². The van der Waals surface area contributed by atoms with Crippen LogP contribution in [-0.4, -0.2) is 38.0 Å². The first-order chi connectivity index (χ1) is 12.2. The zero-order valence-corrected chi connectivity index (χ0v) is 15.6. The van der Waals surface area contributed by atoms with Crippen LogP contribution in [0.5, 0.6) is 0 Å². The van der Waals surface area contributed by atoms with Crippen molar-refractivity contribution < 1.29 is 9.53 Å². The highest BCUT2D eigenvalue weighted by atomic mass is 32.2. The van der Waals surface area contributed by atoms with E-state index in [0.29, 0.717) is 5.56 Å². The maximum Gasteiger partial charge on any atom is 0.255 e. The number of hydrogen-bond donors (Lipinski definition) is 1. The van der Waals surface area contributed by atoms with Gasteiger partial charge in [0.2, 0.25) is 0 Å². The van der Waals surface area contributed by atoms with E-state index in [0.717, 1.165) is 48.2 Å². The average Bonchev–Trinajstić information content (AvgIpc) is 2.64. The van der Waals surface area contributed by atoms with E-state index in [1.54, 1.807) is 11.8 Å². The molecular weight excluding hydrogens is 332 g/mol. The zero-order valence-electron chi connectivity index (χ0n) is 14.7. The SMILES string of the molecule is CCSc1ccccc1NC(=O)c1ccc(N2CCOCC2)c(C)c1. The molecule has 1 amide bonds. The van der Waals surface area contributed by atoms with E-state index in [2.05, 4.69) is 24.1 Å². The van der Waals surface area contributed by atoms with Crippen LogP contribution in [0, 0.1) is 6.92 Å². The molecule has 25 heavy (non-hydrogen) atoms. The summed E-state index contributed by atoms with van der Waals surface area (Å²) in [6.07, 6.45) is 0. The van der Waals surface area contributed by atoms with Gasteiger partial charge in [-0.25, -0.2) is 0 Å². The predicted molar refractivity (Wildman–Crippen MR) is 105 cm³/mol. The summed E-state index contributed by atoms with van der Waals surface area (Å²) in [5.41, 5.74) is 3.85. The number of amides is 1. The van der Waals surface area contributed by atoms with E-state index >= 15 is 0 Å². The number of ether oxygens (including phenoxy) is 1. The third kappa shape index (κ3) is 4.35. The van der Waals surface area contributed by atoms with Crippen molar-refractivity contribution in [1.82, 2.24) is 0 Å². The fourth-order valence-electron chi connectivity index (χ4n) is 3.00. The molecule has 0 unspecified atom stereocenters. The van der Waals surface area contributed by atoms with Gasteiger partial charge in [0.15, 0.2) is 0 Å². The Kier molecular flexibility index (Phi) is 6.00. The monoisotopic (exact) mass is 356 g/mol. The molecule has 1 fully saturated rings. The highest BCUT2D eigenvalue weighted by Gasteiger charge is 2.15. The molecule has 2 aromatic carbocycles. The number of carbonyl (C=O) groups is 1. The standard InChI is InChI=1S/C20H24N2O2S/c1-3-25-19-7-5-4-6-17(19)21-20(23)16-8-9-18(15(2)14-16)22-10-12-24-13-11-22/h4-9,14H,3,10-13H2,1-2H3,(H,21,23). The lowest BCUT2D eigenvalue weighted by atomic mass is 10.1. The van der Waals surface area contributed by atoms with Crippen LogP contribution in [0.15, 0.2) is 47.4 Å². The van der Waals surface area contributed by atoms with Gasteiger partial charge in [-0.3, -0.25) is 4.79 Å². The molecule has 3 rings (SSSR count). The number of para-hydroxylation sites is 1. The van der Waals surface area contributed by atoms with Gasteiger partial charge >= 0.3 is 0 Å². The smallest absolute Gasteiger partial charge is 0.255 e. The van der Waals surface area contributed by atoms with Gasteiger partial charge in [0, 0.05) is 29.2 Å².